The Hall–Kier alpha value is -1.22. The van der Waals surface area contributed by atoms with Crippen molar-refractivity contribution in [2.45, 2.75) is 43.3 Å². The summed E-state index contributed by atoms with van der Waals surface area (Å²) in [7, 11) is 0. The molecule has 4 fully saturated rings. The molecule has 4 saturated carbocycles. The molecule has 0 aromatic carbocycles. The van der Waals surface area contributed by atoms with Gasteiger partial charge in [-0.3, -0.25) is 20.4 Å². The number of aliphatic hydroxyl groups is 2. The minimum absolute atomic E-state index is 0.00613. The van der Waals surface area contributed by atoms with Crippen molar-refractivity contribution >= 4 is 11.8 Å². The number of carbonyl (C=O) groups excluding carboxylic acids is 2. The number of rotatable bonds is 2. The van der Waals surface area contributed by atoms with Crippen molar-refractivity contribution in [3.05, 3.63) is 0 Å². The summed E-state index contributed by atoms with van der Waals surface area (Å²) < 4.78 is 0. The quantitative estimate of drug-likeness (QED) is 0.190. The zero-order valence-electron chi connectivity index (χ0n) is 11.1. The van der Waals surface area contributed by atoms with Crippen LogP contribution in [0.3, 0.4) is 0 Å². The molecule has 4 aliphatic carbocycles. The molecule has 4 rings (SSSR count). The van der Waals surface area contributed by atoms with Crippen LogP contribution < -0.4 is 22.5 Å². The lowest BCUT2D eigenvalue weighted by Gasteiger charge is -2.65. The first kappa shape index (κ1) is 13.7. The molecule has 0 radical (unpaired) electrons. The third-order valence-corrected chi connectivity index (χ3v) is 5.32. The fourth-order valence-corrected chi connectivity index (χ4v) is 5.26. The van der Waals surface area contributed by atoms with E-state index in [1.807, 2.05) is 5.43 Å². The molecular formula is C12H20N4O4. The molecule has 8 nitrogen and oxygen atoms in total. The van der Waals surface area contributed by atoms with Gasteiger partial charge in [0.1, 0.15) is 0 Å². The highest BCUT2D eigenvalue weighted by Crippen LogP contribution is 2.65. The molecule has 4 bridgehead atoms. The van der Waals surface area contributed by atoms with Gasteiger partial charge < -0.3 is 10.2 Å². The SMILES string of the molecule is NNC(=O)C1C2(O)CC3CC(O)(C2)CC1(C(=O)NN)C3. The standard InChI is InChI=1S/C12H20N4O4/c13-15-8(17)7-11(9(18)16-14)2-6-1-10(19,4-11)5-12(7,20)3-6/h6-7,19-20H,1-5,13-14H2,(H,15,17)(H,16,18). The zero-order chi connectivity index (χ0) is 14.8. The van der Waals surface area contributed by atoms with Crippen molar-refractivity contribution in [1.29, 1.82) is 0 Å². The van der Waals surface area contributed by atoms with Gasteiger partial charge in [0.05, 0.1) is 22.5 Å². The maximum atomic E-state index is 12.3. The van der Waals surface area contributed by atoms with Crippen LogP contribution in [0.15, 0.2) is 0 Å². The summed E-state index contributed by atoms with van der Waals surface area (Å²) in [6.07, 6.45) is 1.59. The van der Waals surface area contributed by atoms with E-state index >= 15 is 0 Å². The van der Waals surface area contributed by atoms with Crippen molar-refractivity contribution in [1.82, 2.24) is 10.9 Å². The molecule has 112 valence electrons. The summed E-state index contributed by atoms with van der Waals surface area (Å²) in [6.45, 7) is 0. The van der Waals surface area contributed by atoms with Crippen LogP contribution >= 0.6 is 0 Å². The Morgan fingerprint density at radius 2 is 1.75 bits per heavy atom. The fraction of sp³-hybridized carbons (Fsp3) is 0.833. The zero-order valence-corrected chi connectivity index (χ0v) is 11.1. The summed E-state index contributed by atoms with van der Waals surface area (Å²) in [5.74, 6) is 8.38. The highest BCUT2D eigenvalue weighted by molar-refractivity contribution is 5.92. The molecule has 0 aromatic heterocycles. The van der Waals surface area contributed by atoms with E-state index < -0.39 is 34.3 Å². The van der Waals surface area contributed by atoms with Gasteiger partial charge in [-0.15, -0.1) is 0 Å². The molecule has 0 aromatic rings. The van der Waals surface area contributed by atoms with Gasteiger partial charge in [0.15, 0.2) is 0 Å². The maximum Gasteiger partial charge on any atom is 0.241 e. The van der Waals surface area contributed by atoms with Gasteiger partial charge in [0, 0.05) is 6.42 Å². The first-order valence-electron chi connectivity index (χ1n) is 6.75. The van der Waals surface area contributed by atoms with Crippen molar-refractivity contribution in [2.75, 3.05) is 0 Å². The van der Waals surface area contributed by atoms with Crippen LogP contribution in [0, 0.1) is 17.3 Å². The van der Waals surface area contributed by atoms with E-state index in [0.717, 1.165) is 0 Å². The van der Waals surface area contributed by atoms with Gasteiger partial charge in [-0.05, 0) is 31.6 Å². The second-order valence-corrected chi connectivity index (χ2v) is 6.73. The van der Waals surface area contributed by atoms with Gasteiger partial charge in [0.25, 0.3) is 0 Å². The number of amides is 2. The van der Waals surface area contributed by atoms with Crippen molar-refractivity contribution < 1.29 is 19.8 Å². The third kappa shape index (κ3) is 1.56. The fourth-order valence-electron chi connectivity index (χ4n) is 5.26. The molecule has 5 unspecified atom stereocenters. The molecular weight excluding hydrogens is 264 g/mol. The molecule has 8 heteroatoms. The Labute approximate surface area is 115 Å². The first-order chi connectivity index (χ1) is 9.28. The largest absolute Gasteiger partial charge is 0.390 e. The lowest BCUT2D eigenvalue weighted by atomic mass is 9.41. The number of carbonyl (C=O) groups is 2. The number of hydrogen-bond acceptors (Lipinski definition) is 6. The molecule has 2 amide bonds. The maximum absolute atomic E-state index is 12.3. The summed E-state index contributed by atoms with van der Waals surface area (Å²) >= 11 is 0. The highest BCUT2D eigenvalue weighted by atomic mass is 16.3. The predicted molar refractivity (Wildman–Crippen MR) is 67.1 cm³/mol. The van der Waals surface area contributed by atoms with Crippen LogP contribution in [0.2, 0.25) is 0 Å². The van der Waals surface area contributed by atoms with Crippen molar-refractivity contribution in [3.8, 4) is 0 Å². The van der Waals surface area contributed by atoms with Crippen molar-refractivity contribution in [3.63, 3.8) is 0 Å². The Kier molecular flexibility index (Phi) is 2.69. The van der Waals surface area contributed by atoms with Crippen molar-refractivity contribution in [2.24, 2.45) is 28.9 Å². The second-order valence-electron chi connectivity index (χ2n) is 6.73. The van der Waals surface area contributed by atoms with E-state index in [4.69, 9.17) is 11.7 Å². The Bertz CT molecular complexity index is 486. The molecule has 0 heterocycles. The smallest absolute Gasteiger partial charge is 0.241 e. The van der Waals surface area contributed by atoms with E-state index in [2.05, 4.69) is 5.43 Å². The molecule has 5 atom stereocenters. The number of hydrazine groups is 2. The Balaban J connectivity index is 2.12. The average Bonchev–Trinajstić information content (AvgIpc) is 2.33. The van der Waals surface area contributed by atoms with Crippen LogP contribution in [-0.2, 0) is 9.59 Å². The average molecular weight is 284 g/mol. The van der Waals surface area contributed by atoms with E-state index in [1.165, 1.54) is 0 Å². The summed E-state index contributed by atoms with van der Waals surface area (Å²) in [5.41, 5.74) is 0.393. The van der Waals surface area contributed by atoms with Gasteiger partial charge in [0.2, 0.25) is 11.8 Å². The van der Waals surface area contributed by atoms with Gasteiger partial charge in [-0.1, -0.05) is 0 Å². The molecule has 8 N–H and O–H groups in total. The van der Waals surface area contributed by atoms with Crippen LogP contribution in [0.1, 0.15) is 32.1 Å². The number of hydrogen-bond donors (Lipinski definition) is 6. The summed E-state index contributed by atoms with van der Waals surface area (Å²) in [5, 5.41) is 21.4. The van der Waals surface area contributed by atoms with Crippen LogP contribution in [0.5, 0.6) is 0 Å². The topological polar surface area (TPSA) is 151 Å². The van der Waals surface area contributed by atoms with Crippen LogP contribution in [0.25, 0.3) is 0 Å². The van der Waals surface area contributed by atoms with E-state index in [1.54, 1.807) is 0 Å². The number of nitrogens with one attached hydrogen (secondary N) is 2. The molecule has 0 spiro atoms. The summed E-state index contributed by atoms with van der Waals surface area (Å²) in [4.78, 5) is 24.4. The monoisotopic (exact) mass is 284 g/mol. The van der Waals surface area contributed by atoms with Gasteiger partial charge >= 0.3 is 0 Å². The molecule has 20 heavy (non-hydrogen) atoms. The van der Waals surface area contributed by atoms with E-state index in [-0.39, 0.29) is 18.8 Å². The molecule has 4 aliphatic rings. The lowest BCUT2D eigenvalue weighted by Crippen LogP contribution is -2.74. The highest BCUT2D eigenvalue weighted by Gasteiger charge is 2.72. The second kappa shape index (κ2) is 3.91. The van der Waals surface area contributed by atoms with Gasteiger partial charge in [-0.2, -0.15) is 0 Å². The van der Waals surface area contributed by atoms with E-state index in [0.29, 0.717) is 19.3 Å². The Morgan fingerprint density at radius 3 is 2.30 bits per heavy atom. The van der Waals surface area contributed by atoms with E-state index in [9.17, 15) is 19.8 Å². The lowest BCUT2D eigenvalue weighted by molar-refractivity contribution is -0.255. The predicted octanol–water partition coefficient (Wildman–Crippen LogP) is -2.36. The Morgan fingerprint density at radius 1 is 1.05 bits per heavy atom. The van der Waals surface area contributed by atoms with Crippen LogP contribution in [-0.4, -0.2) is 33.2 Å². The third-order valence-electron chi connectivity index (χ3n) is 5.32. The molecule has 0 aliphatic heterocycles. The normalized spacial score (nSPS) is 49.0. The summed E-state index contributed by atoms with van der Waals surface area (Å²) in [6, 6.07) is 0. The molecule has 0 saturated heterocycles. The minimum atomic E-state index is -1.41. The minimum Gasteiger partial charge on any atom is -0.390 e. The number of nitrogens with two attached hydrogens (primary N) is 2. The van der Waals surface area contributed by atoms with Crippen LogP contribution in [0.4, 0.5) is 0 Å². The first-order valence-corrected chi connectivity index (χ1v) is 6.75. The van der Waals surface area contributed by atoms with Gasteiger partial charge in [-0.25, -0.2) is 11.7 Å².